The highest BCUT2D eigenvalue weighted by Crippen LogP contribution is 2.34. The van der Waals surface area contributed by atoms with Crippen LogP contribution in [0, 0.1) is 0 Å². The van der Waals surface area contributed by atoms with Crippen LogP contribution in [0.5, 0.6) is 0 Å². The molecule has 0 saturated carbocycles. The van der Waals surface area contributed by atoms with E-state index >= 15 is 0 Å². The van der Waals surface area contributed by atoms with Gasteiger partial charge in [0.25, 0.3) is 0 Å². The summed E-state index contributed by atoms with van der Waals surface area (Å²) >= 11 is 0. The normalized spacial score (nSPS) is 26.9. The lowest BCUT2D eigenvalue weighted by Crippen LogP contribution is -2.43. The first kappa shape index (κ1) is 15.5. The molecule has 0 radical (unpaired) electrons. The minimum Gasteiger partial charge on any atom is -0.368 e. The van der Waals surface area contributed by atoms with Gasteiger partial charge in [0, 0.05) is 24.3 Å². The molecule has 0 N–H and O–H groups in total. The molecule has 0 aliphatic carbocycles. The first-order chi connectivity index (χ1) is 11.2. The highest BCUT2D eigenvalue weighted by molar-refractivity contribution is 5.60. The van der Waals surface area contributed by atoms with E-state index in [2.05, 4.69) is 47.0 Å². The van der Waals surface area contributed by atoms with E-state index in [1.807, 2.05) is 0 Å². The molecule has 2 saturated heterocycles. The molecule has 3 heterocycles. The predicted octanol–water partition coefficient (Wildman–Crippen LogP) is 2.78. The van der Waals surface area contributed by atoms with Crippen molar-refractivity contribution in [3.05, 3.63) is 29.3 Å². The number of hydrogen-bond acceptors (Lipinski definition) is 3. The largest absolute Gasteiger partial charge is 0.368 e. The quantitative estimate of drug-likeness (QED) is 0.849. The van der Waals surface area contributed by atoms with Gasteiger partial charge in [-0.05, 0) is 89.4 Å². The van der Waals surface area contributed by atoms with E-state index in [4.69, 9.17) is 0 Å². The third kappa shape index (κ3) is 3.14. The van der Waals surface area contributed by atoms with Crippen molar-refractivity contribution in [2.45, 2.75) is 50.6 Å². The molecule has 0 bridgehead atoms. The van der Waals surface area contributed by atoms with Crippen LogP contribution in [0.4, 0.5) is 5.69 Å². The van der Waals surface area contributed by atoms with E-state index in [9.17, 15) is 0 Å². The maximum Gasteiger partial charge on any atom is 0.0404 e. The molecular weight excluding hydrogens is 282 g/mol. The van der Waals surface area contributed by atoms with Gasteiger partial charge in [-0.3, -0.25) is 0 Å². The first-order valence-electron chi connectivity index (χ1n) is 9.48. The van der Waals surface area contributed by atoms with Gasteiger partial charge in [-0.25, -0.2) is 0 Å². The molecule has 2 fully saturated rings. The summed E-state index contributed by atoms with van der Waals surface area (Å²) in [5, 5.41) is 0. The second kappa shape index (κ2) is 6.45. The monoisotopic (exact) mass is 313 g/mol. The van der Waals surface area contributed by atoms with E-state index in [-0.39, 0.29) is 0 Å². The lowest BCUT2D eigenvalue weighted by Gasteiger charge is -2.36. The topological polar surface area (TPSA) is 9.72 Å². The van der Waals surface area contributed by atoms with Gasteiger partial charge >= 0.3 is 0 Å². The third-order valence-corrected chi connectivity index (χ3v) is 6.35. The maximum atomic E-state index is 2.73. The molecular formula is C20H31N3. The second-order valence-corrected chi connectivity index (χ2v) is 7.92. The van der Waals surface area contributed by atoms with Crippen molar-refractivity contribution in [2.24, 2.45) is 0 Å². The summed E-state index contributed by atoms with van der Waals surface area (Å²) in [4.78, 5) is 7.74. The minimum absolute atomic E-state index is 0.756. The Balaban J connectivity index is 1.50. The number of fused-ring (bicyclic) bond motifs is 1. The third-order valence-electron chi connectivity index (χ3n) is 6.35. The highest BCUT2D eigenvalue weighted by Gasteiger charge is 2.29. The van der Waals surface area contributed by atoms with Crippen molar-refractivity contribution in [3.8, 4) is 0 Å². The van der Waals surface area contributed by atoms with Crippen molar-refractivity contribution in [1.29, 1.82) is 0 Å². The van der Waals surface area contributed by atoms with Crippen molar-refractivity contribution < 1.29 is 0 Å². The average molecular weight is 313 g/mol. The zero-order valence-electron chi connectivity index (χ0n) is 14.8. The Morgan fingerprint density at radius 3 is 2.57 bits per heavy atom. The number of rotatable bonds is 3. The fourth-order valence-corrected chi connectivity index (χ4v) is 4.77. The lowest BCUT2D eigenvalue weighted by atomic mass is 10.00. The van der Waals surface area contributed by atoms with Gasteiger partial charge in [0.2, 0.25) is 0 Å². The van der Waals surface area contributed by atoms with Gasteiger partial charge in [0.1, 0.15) is 0 Å². The van der Waals surface area contributed by atoms with Gasteiger partial charge in [0.15, 0.2) is 0 Å². The highest BCUT2D eigenvalue weighted by atomic mass is 15.2. The van der Waals surface area contributed by atoms with E-state index in [0.717, 1.165) is 12.1 Å². The molecule has 3 nitrogen and oxygen atoms in total. The zero-order chi connectivity index (χ0) is 15.8. The van der Waals surface area contributed by atoms with Crippen LogP contribution in [0.15, 0.2) is 18.2 Å². The number of nitrogens with zero attached hydrogens (tertiary/aromatic N) is 3. The maximum absolute atomic E-state index is 2.73. The summed E-state index contributed by atoms with van der Waals surface area (Å²) in [6.45, 7) is 5.01. The molecule has 3 aliphatic rings. The standard InChI is InChI=1S/C20H31N3/c1-21-11-8-18(9-12-21)23-13-7-17-6-5-16(15-20(17)23)14-19-4-3-10-22(19)2/h5-6,15,18-19H,3-4,7-14H2,1-2H3/t19-/m0/s1. The van der Waals surface area contributed by atoms with Crippen LogP contribution in [0.2, 0.25) is 0 Å². The Hall–Kier alpha value is -1.06. The minimum atomic E-state index is 0.756. The first-order valence-corrected chi connectivity index (χ1v) is 9.48. The summed E-state index contributed by atoms with van der Waals surface area (Å²) in [5.74, 6) is 0. The summed E-state index contributed by atoms with van der Waals surface area (Å²) in [6, 6.07) is 8.84. The Morgan fingerprint density at radius 1 is 1.00 bits per heavy atom. The van der Waals surface area contributed by atoms with Crippen LogP contribution in [0.1, 0.15) is 36.8 Å². The van der Waals surface area contributed by atoms with Crippen LogP contribution in [0.25, 0.3) is 0 Å². The summed E-state index contributed by atoms with van der Waals surface area (Å²) in [7, 11) is 4.54. The van der Waals surface area contributed by atoms with Crippen LogP contribution >= 0.6 is 0 Å². The molecule has 4 rings (SSSR count). The van der Waals surface area contributed by atoms with E-state index in [1.165, 1.54) is 64.7 Å². The van der Waals surface area contributed by atoms with Gasteiger partial charge in [-0.1, -0.05) is 12.1 Å². The summed E-state index contributed by atoms with van der Waals surface area (Å²) in [5.41, 5.74) is 4.67. The lowest BCUT2D eigenvalue weighted by molar-refractivity contribution is 0.251. The van der Waals surface area contributed by atoms with Gasteiger partial charge in [0.05, 0.1) is 0 Å². The summed E-state index contributed by atoms with van der Waals surface area (Å²) in [6.07, 6.45) is 7.85. The number of hydrogen-bond donors (Lipinski definition) is 0. The van der Waals surface area contributed by atoms with Crippen LogP contribution in [-0.2, 0) is 12.8 Å². The molecule has 1 aromatic carbocycles. The number of anilines is 1. The van der Waals surface area contributed by atoms with Gasteiger partial charge < -0.3 is 14.7 Å². The molecule has 1 atom stereocenters. The van der Waals surface area contributed by atoms with Crippen molar-refractivity contribution in [2.75, 3.05) is 45.2 Å². The predicted molar refractivity (Wildman–Crippen MR) is 97.4 cm³/mol. The zero-order valence-corrected chi connectivity index (χ0v) is 14.8. The fourth-order valence-electron chi connectivity index (χ4n) is 4.77. The number of benzene rings is 1. The molecule has 3 heteroatoms. The molecule has 3 aliphatic heterocycles. The smallest absolute Gasteiger partial charge is 0.0404 e. The number of likely N-dealkylation sites (tertiary alicyclic amines) is 2. The van der Waals surface area contributed by atoms with Crippen molar-refractivity contribution >= 4 is 5.69 Å². The molecule has 0 amide bonds. The molecule has 1 aromatic rings. The van der Waals surface area contributed by atoms with Crippen LogP contribution in [-0.4, -0.2) is 62.2 Å². The van der Waals surface area contributed by atoms with E-state index < -0.39 is 0 Å². The Bertz CT molecular complexity index is 548. The second-order valence-electron chi connectivity index (χ2n) is 7.92. The van der Waals surface area contributed by atoms with Gasteiger partial charge in [-0.2, -0.15) is 0 Å². The van der Waals surface area contributed by atoms with Crippen molar-refractivity contribution in [3.63, 3.8) is 0 Å². The van der Waals surface area contributed by atoms with E-state index in [1.54, 1.807) is 16.8 Å². The summed E-state index contributed by atoms with van der Waals surface area (Å²) < 4.78 is 0. The SMILES string of the molecule is CN1CCC(N2CCc3ccc(C[C@@H]4CCCN4C)cc32)CC1. The molecule has 0 unspecified atom stereocenters. The fraction of sp³-hybridized carbons (Fsp3) is 0.700. The Morgan fingerprint density at radius 2 is 1.83 bits per heavy atom. The Kier molecular flexibility index (Phi) is 4.33. The van der Waals surface area contributed by atoms with Crippen LogP contribution in [0.3, 0.4) is 0 Å². The van der Waals surface area contributed by atoms with Crippen LogP contribution < -0.4 is 4.90 Å². The molecule has 23 heavy (non-hydrogen) atoms. The van der Waals surface area contributed by atoms with E-state index in [0.29, 0.717) is 0 Å². The average Bonchev–Trinajstić information content (AvgIpc) is 3.15. The molecule has 0 aromatic heterocycles. The Labute approximate surface area is 141 Å². The molecule has 126 valence electrons. The van der Waals surface area contributed by atoms with Gasteiger partial charge in [-0.15, -0.1) is 0 Å². The number of piperidine rings is 1. The van der Waals surface area contributed by atoms with Crippen molar-refractivity contribution in [1.82, 2.24) is 9.80 Å². The number of likely N-dealkylation sites (N-methyl/N-ethyl adjacent to an activating group) is 1. The molecule has 0 spiro atoms.